The number of ether oxygens (including phenoxy) is 4. The van der Waals surface area contributed by atoms with E-state index in [1.165, 1.54) is 18.4 Å². The van der Waals surface area contributed by atoms with E-state index in [4.69, 9.17) is 18.9 Å². The molecule has 1 heterocycles. The van der Waals surface area contributed by atoms with Gasteiger partial charge in [0.25, 0.3) is 0 Å². The SMILES string of the molecule is CCCCc1ccc2c(c1)OCCOCCOCCO2. The molecule has 2 rings (SSSR count). The van der Waals surface area contributed by atoms with Crippen molar-refractivity contribution in [3.63, 3.8) is 0 Å². The molecule has 1 aliphatic heterocycles. The average molecular weight is 280 g/mol. The molecule has 0 amide bonds. The Bertz CT molecular complexity index is 392. The summed E-state index contributed by atoms with van der Waals surface area (Å²) in [6, 6.07) is 6.19. The lowest BCUT2D eigenvalue weighted by Gasteiger charge is -2.16. The van der Waals surface area contributed by atoms with Crippen molar-refractivity contribution in [1.82, 2.24) is 0 Å². The Hall–Kier alpha value is -1.26. The van der Waals surface area contributed by atoms with E-state index in [1.54, 1.807) is 0 Å². The van der Waals surface area contributed by atoms with Crippen LogP contribution in [0.1, 0.15) is 25.3 Å². The summed E-state index contributed by atoms with van der Waals surface area (Å²) in [6.45, 7) is 5.62. The van der Waals surface area contributed by atoms with Crippen molar-refractivity contribution in [2.75, 3.05) is 39.6 Å². The molecule has 0 atom stereocenters. The quantitative estimate of drug-likeness (QED) is 0.853. The summed E-state index contributed by atoms with van der Waals surface area (Å²) in [5, 5.41) is 0. The Kier molecular flexibility index (Phi) is 6.68. The second-order valence-corrected chi connectivity index (χ2v) is 4.81. The van der Waals surface area contributed by atoms with Crippen LogP contribution in [0.5, 0.6) is 11.5 Å². The van der Waals surface area contributed by atoms with Crippen molar-refractivity contribution < 1.29 is 18.9 Å². The van der Waals surface area contributed by atoms with Crippen LogP contribution < -0.4 is 9.47 Å². The summed E-state index contributed by atoms with van der Waals surface area (Å²) >= 11 is 0. The highest BCUT2D eigenvalue weighted by atomic mass is 16.6. The summed E-state index contributed by atoms with van der Waals surface area (Å²) in [4.78, 5) is 0. The molecule has 0 aliphatic carbocycles. The van der Waals surface area contributed by atoms with Gasteiger partial charge in [0.2, 0.25) is 0 Å². The zero-order chi connectivity index (χ0) is 14.0. The summed E-state index contributed by atoms with van der Waals surface area (Å²) in [6.07, 6.45) is 3.46. The topological polar surface area (TPSA) is 36.9 Å². The molecule has 0 saturated heterocycles. The number of hydrogen-bond donors (Lipinski definition) is 0. The third-order valence-corrected chi connectivity index (χ3v) is 3.17. The van der Waals surface area contributed by atoms with Gasteiger partial charge in [-0.3, -0.25) is 0 Å². The second kappa shape index (κ2) is 8.82. The number of aryl methyl sites for hydroxylation is 1. The van der Waals surface area contributed by atoms with Crippen LogP contribution in [-0.2, 0) is 15.9 Å². The lowest BCUT2D eigenvalue weighted by atomic mass is 10.1. The van der Waals surface area contributed by atoms with Crippen LogP contribution in [0.2, 0.25) is 0 Å². The molecule has 1 aromatic rings. The standard InChI is InChI=1S/C16H24O4/c1-2-3-4-14-5-6-15-16(13-14)20-12-10-18-8-7-17-9-11-19-15/h5-6,13H,2-4,7-12H2,1H3. The van der Waals surface area contributed by atoms with Crippen molar-refractivity contribution in [3.05, 3.63) is 23.8 Å². The number of hydrogen-bond acceptors (Lipinski definition) is 4. The van der Waals surface area contributed by atoms with Crippen LogP contribution in [0.25, 0.3) is 0 Å². The van der Waals surface area contributed by atoms with Crippen molar-refractivity contribution in [2.24, 2.45) is 0 Å². The van der Waals surface area contributed by atoms with Crippen LogP contribution >= 0.6 is 0 Å². The van der Waals surface area contributed by atoms with Gasteiger partial charge in [-0.1, -0.05) is 19.4 Å². The van der Waals surface area contributed by atoms with E-state index < -0.39 is 0 Å². The number of unbranched alkanes of at least 4 members (excludes halogenated alkanes) is 1. The first kappa shape index (κ1) is 15.1. The number of benzene rings is 1. The fourth-order valence-electron chi connectivity index (χ4n) is 2.06. The molecular weight excluding hydrogens is 256 g/mol. The minimum Gasteiger partial charge on any atom is -0.487 e. The first-order valence-electron chi connectivity index (χ1n) is 7.44. The lowest BCUT2D eigenvalue weighted by molar-refractivity contribution is 0.0223. The van der Waals surface area contributed by atoms with E-state index in [1.807, 2.05) is 6.07 Å². The van der Waals surface area contributed by atoms with E-state index in [0.717, 1.165) is 17.9 Å². The molecule has 0 spiro atoms. The summed E-state index contributed by atoms with van der Waals surface area (Å²) < 4.78 is 22.4. The average Bonchev–Trinajstić information content (AvgIpc) is 2.46. The Morgan fingerprint density at radius 2 is 1.50 bits per heavy atom. The first-order valence-corrected chi connectivity index (χ1v) is 7.44. The highest BCUT2D eigenvalue weighted by Gasteiger charge is 2.08. The predicted octanol–water partition coefficient (Wildman–Crippen LogP) is 2.83. The van der Waals surface area contributed by atoms with Gasteiger partial charge in [0.15, 0.2) is 11.5 Å². The van der Waals surface area contributed by atoms with E-state index in [9.17, 15) is 0 Å². The molecule has 0 unspecified atom stereocenters. The van der Waals surface area contributed by atoms with E-state index in [-0.39, 0.29) is 0 Å². The number of rotatable bonds is 3. The monoisotopic (exact) mass is 280 g/mol. The molecule has 112 valence electrons. The maximum atomic E-state index is 5.79. The zero-order valence-corrected chi connectivity index (χ0v) is 12.2. The maximum absolute atomic E-state index is 5.79. The normalized spacial score (nSPS) is 17.1. The van der Waals surface area contributed by atoms with Gasteiger partial charge in [0, 0.05) is 0 Å². The Balaban J connectivity index is 2.03. The molecule has 0 bridgehead atoms. The third-order valence-electron chi connectivity index (χ3n) is 3.17. The highest BCUT2D eigenvalue weighted by molar-refractivity contribution is 5.43. The smallest absolute Gasteiger partial charge is 0.161 e. The van der Waals surface area contributed by atoms with Gasteiger partial charge in [-0.05, 0) is 30.5 Å². The molecule has 4 heteroatoms. The van der Waals surface area contributed by atoms with Crippen LogP contribution in [0, 0.1) is 0 Å². The van der Waals surface area contributed by atoms with E-state index >= 15 is 0 Å². The lowest BCUT2D eigenvalue weighted by Crippen LogP contribution is -2.15. The van der Waals surface area contributed by atoms with E-state index in [2.05, 4.69) is 19.1 Å². The van der Waals surface area contributed by atoms with Crippen molar-refractivity contribution in [3.8, 4) is 11.5 Å². The fraction of sp³-hybridized carbons (Fsp3) is 0.625. The van der Waals surface area contributed by atoms with Gasteiger partial charge in [-0.15, -0.1) is 0 Å². The molecule has 0 aromatic heterocycles. The van der Waals surface area contributed by atoms with Crippen LogP contribution in [-0.4, -0.2) is 39.6 Å². The van der Waals surface area contributed by atoms with Crippen molar-refractivity contribution >= 4 is 0 Å². The minimum atomic E-state index is 0.532. The molecule has 1 aromatic carbocycles. The molecule has 4 nitrogen and oxygen atoms in total. The molecule has 0 N–H and O–H groups in total. The summed E-state index contributed by atoms with van der Waals surface area (Å²) in [5.74, 6) is 1.59. The third kappa shape index (κ3) is 5.02. The van der Waals surface area contributed by atoms with Crippen LogP contribution in [0.4, 0.5) is 0 Å². The molecule has 0 fully saturated rings. The number of fused-ring (bicyclic) bond motifs is 1. The van der Waals surface area contributed by atoms with Crippen molar-refractivity contribution in [2.45, 2.75) is 26.2 Å². The van der Waals surface area contributed by atoms with Gasteiger partial charge in [0.1, 0.15) is 13.2 Å². The van der Waals surface area contributed by atoms with Crippen LogP contribution in [0.3, 0.4) is 0 Å². The highest BCUT2D eigenvalue weighted by Crippen LogP contribution is 2.29. The molecule has 0 saturated carbocycles. The zero-order valence-electron chi connectivity index (χ0n) is 12.2. The van der Waals surface area contributed by atoms with Crippen molar-refractivity contribution in [1.29, 1.82) is 0 Å². The molecule has 20 heavy (non-hydrogen) atoms. The Morgan fingerprint density at radius 1 is 0.850 bits per heavy atom. The van der Waals surface area contributed by atoms with Gasteiger partial charge in [-0.25, -0.2) is 0 Å². The maximum Gasteiger partial charge on any atom is 0.161 e. The molecule has 0 radical (unpaired) electrons. The summed E-state index contributed by atoms with van der Waals surface area (Å²) in [5.41, 5.74) is 1.29. The van der Waals surface area contributed by atoms with Gasteiger partial charge >= 0.3 is 0 Å². The fourth-order valence-corrected chi connectivity index (χ4v) is 2.06. The van der Waals surface area contributed by atoms with E-state index in [0.29, 0.717) is 39.6 Å². The molecular formula is C16H24O4. The minimum absolute atomic E-state index is 0.532. The summed E-state index contributed by atoms with van der Waals surface area (Å²) in [7, 11) is 0. The van der Waals surface area contributed by atoms with Crippen LogP contribution in [0.15, 0.2) is 18.2 Å². The van der Waals surface area contributed by atoms with Gasteiger partial charge in [0.05, 0.1) is 26.4 Å². The largest absolute Gasteiger partial charge is 0.487 e. The van der Waals surface area contributed by atoms with Gasteiger partial charge < -0.3 is 18.9 Å². The first-order chi connectivity index (χ1) is 9.90. The Labute approximate surface area is 121 Å². The van der Waals surface area contributed by atoms with Gasteiger partial charge in [-0.2, -0.15) is 0 Å². The second-order valence-electron chi connectivity index (χ2n) is 4.81. The predicted molar refractivity (Wildman–Crippen MR) is 77.7 cm³/mol. The molecule has 1 aliphatic rings. The Morgan fingerprint density at radius 3 is 2.20 bits per heavy atom.